The molecule has 0 spiro atoms. The van der Waals surface area contributed by atoms with Crippen LogP contribution in [0.1, 0.15) is 42.5 Å². The van der Waals surface area contributed by atoms with Crippen LogP contribution in [-0.2, 0) is 12.7 Å². The summed E-state index contributed by atoms with van der Waals surface area (Å²) >= 11 is 0.961. The van der Waals surface area contributed by atoms with Crippen LogP contribution in [0.15, 0.2) is 34.6 Å². The first-order valence-electron chi connectivity index (χ1n) is 9.01. The fourth-order valence-corrected chi connectivity index (χ4v) is 3.23. The van der Waals surface area contributed by atoms with Gasteiger partial charge in [-0.2, -0.15) is 13.2 Å². The van der Waals surface area contributed by atoms with Gasteiger partial charge in [0.15, 0.2) is 11.7 Å². The molecular formula is C19H25F3N4OS. The Balaban J connectivity index is 1.87. The molecule has 1 unspecified atom stereocenters. The van der Waals surface area contributed by atoms with E-state index in [1.165, 1.54) is 5.56 Å². The number of nitrogens with zero attached hydrogens (tertiary/aromatic N) is 2. The molecule has 2 aromatic rings. The third-order valence-corrected chi connectivity index (χ3v) is 4.95. The topological polar surface area (TPSA) is 58.5 Å². The minimum Gasteiger partial charge on any atom is -0.497 e. The number of ether oxygens (including phenoxy) is 1. The molecule has 28 heavy (non-hydrogen) atoms. The van der Waals surface area contributed by atoms with Gasteiger partial charge in [-0.15, -0.1) is 11.3 Å². The van der Waals surface area contributed by atoms with E-state index in [-0.39, 0.29) is 6.54 Å². The summed E-state index contributed by atoms with van der Waals surface area (Å²) < 4.78 is 43.0. The summed E-state index contributed by atoms with van der Waals surface area (Å²) in [6.07, 6.45) is -3.54. The predicted molar refractivity (Wildman–Crippen MR) is 106 cm³/mol. The van der Waals surface area contributed by atoms with E-state index in [0.717, 1.165) is 28.9 Å². The Bertz CT molecular complexity index is 759. The summed E-state index contributed by atoms with van der Waals surface area (Å²) in [4.78, 5) is 7.93. The van der Waals surface area contributed by atoms with Crippen molar-refractivity contribution in [2.75, 3.05) is 20.2 Å². The van der Waals surface area contributed by atoms with Crippen molar-refractivity contribution in [3.05, 3.63) is 45.9 Å². The molecule has 0 saturated heterocycles. The Labute approximate surface area is 167 Å². The number of halogens is 3. The van der Waals surface area contributed by atoms with Gasteiger partial charge in [0.25, 0.3) is 0 Å². The molecule has 0 saturated carbocycles. The summed E-state index contributed by atoms with van der Waals surface area (Å²) in [6, 6.07) is 7.97. The van der Waals surface area contributed by atoms with Crippen LogP contribution in [0.25, 0.3) is 0 Å². The number of hydrogen-bond acceptors (Lipinski definition) is 4. The first-order valence-corrected chi connectivity index (χ1v) is 9.89. The molecule has 0 radical (unpaired) electrons. The third kappa shape index (κ3) is 6.70. The summed E-state index contributed by atoms with van der Waals surface area (Å²) in [5.41, 5.74) is 0.348. The Morgan fingerprint density at radius 3 is 2.54 bits per heavy atom. The number of methoxy groups -OCH3 is 1. The lowest BCUT2D eigenvalue weighted by molar-refractivity contribution is -0.140. The largest absolute Gasteiger partial charge is 0.497 e. The van der Waals surface area contributed by atoms with E-state index in [1.807, 2.05) is 31.2 Å². The van der Waals surface area contributed by atoms with E-state index in [0.29, 0.717) is 30.0 Å². The van der Waals surface area contributed by atoms with E-state index >= 15 is 0 Å². The Hall–Kier alpha value is -2.29. The van der Waals surface area contributed by atoms with Crippen molar-refractivity contribution < 1.29 is 17.9 Å². The van der Waals surface area contributed by atoms with E-state index in [9.17, 15) is 13.2 Å². The average molecular weight is 414 g/mol. The van der Waals surface area contributed by atoms with Crippen molar-refractivity contribution >= 4 is 17.3 Å². The number of hydrogen-bond donors (Lipinski definition) is 2. The van der Waals surface area contributed by atoms with Crippen molar-refractivity contribution in [2.45, 2.75) is 38.9 Å². The van der Waals surface area contributed by atoms with Crippen LogP contribution < -0.4 is 15.4 Å². The van der Waals surface area contributed by atoms with Gasteiger partial charge in [0, 0.05) is 18.5 Å². The quantitative estimate of drug-likeness (QED) is 0.496. The van der Waals surface area contributed by atoms with Gasteiger partial charge in [-0.3, -0.25) is 0 Å². The van der Waals surface area contributed by atoms with Gasteiger partial charge in [0.05, 0.1) is 13.7 Å². The average Bonchev–Trinajstić information content (AvgIpc) is 3.15. The van der Waals surface area contributed by atoms with E-state index in [1.54, 1.807) is 7.11 Å². The van der Waals surface area contributed by atoms with Crippen molar-refractivity contribution in [3.8, 4) is 5.75 Å². The molecular weight excluding hydrogens is 389 g/mol. The zero-order chi connectivity index (χ0) is 20.6. The molecule has 0 amide bonds. The predicted octanol–water partition coefficient (Wildman–Crippen LogP) is 4.42. The van der Waals surface area contributed by atoms with Crippen molar-refractivity contribution in [1.29, 1.82) is 0 Å². The van der Waals surface area contributed by atoms with Crippen molar-refractivity contribution in [3.63, 3.8) is 0 Å². The van der Waals surface area contributed by atoms with E-state index < -0.39 is 11.9 Å². The molecule has 0 aliphatic carbocycles. The van der Waals surface area contributed by atoms with E-state index in [4.69, 9.17) is 4.74 Å². The number of nitrogens with one attached hydrogen (secondary N) is 2. The number of guanidine groups is 1. The van der Waals surface area contributed by atoms with Gasteiger partial charge < -0.3 is 15.4 Å². The second kappa shape index (κ2) is 10.3. The lowest BCUT2D eigenvalue weighted by Gasteiger charge is -2.15. The number of aromatic nitrogens is 1. The zero-order valence-electron chi connectivity index (χ0n) is 16.1. The Morgan fingerprint density at radius 1 is 1.25 bits per heavy atom. The van der Waals surface area contributed by atoms with Gasteiger partial charge in [-0.25, -0.2) is 9.98 Å². The fraction of sp³-hybridized carbons (Fsp3) is 0.474. The van der Waals surface area contributed by atoms with Gasteiger partial charge in [0.1, 0.15) is 10.8 Å². The van der Waals surface area contributed by atoms with Crippen LogP contribution in [0.5, 0.6) is 5.75 Å². The molecule has 0 aliphatic heterocycles. The van der Waals surface area contributed by atoms with E-state index in [2.05, 4.69) is 27.5 Å². The van der Waals surface area contributed by atoms with Crippen LogP contribution in [0, 0.1) is 0 Å². The molecule has 1 heterocycles. The Morgan fingerprint density at radius 2 is 1.96 bits per heavy atom. The number of benzene rings is 1. The molecule has 2 N–H and O–H groups in total. The van der Waals surface area contributed by atoms with Crippen LogP contribution >= 0.6 is 11.3 Å². The molecule has 0 fully saturated rings. The molecule has 2 rings (SSSR count). The van der Waals surface area contributed by atoms with Gasteiger partial charge in [-0.05, 0) is 37.0 Å². The van der Waals surface area contributed by atoms with Gasteiger partial charge >= 0.3 is 6.18 Å². The van der Waals surface area contributed by atoms with Crippen LogP contribution in [0.4, 0.5) is 13.2 Å². The summed E-state index contributed by atoms with van der Waals surface area (Å²) in [7, 11) is 1.64. The Kier molecular flexibility index (Phi) is 8.10. The minimum absolute atomic E-state index is 0.101. The SMILES string of the molecule is CCNC(=NCc1nc(C(F)(F)F)cs1)NCCC(C)c1ccc(OC)cc1. The fourth-order valence-electron chi connectivity index (χ4n) is 2.51. The number of rotatable bonds is 8. The second-order valence-electron chi connectivity index (χ2n) is 6.21. The third-order valence-electron chi connectivity index (χ3n) is 4.11. The number of aliphatic imine (C=N–C) groups is 1. The lowest BCUT2D eigenvalue weighted by atomic mass is 9.98. The summed E-state index contributed by atoms with van der Waals surface area (Å²) in [5, 5.41) is 7.66. The van der Waals surface area contributed by atoms with Crippen LogP contribution in [0.3, 0.4) is 0 Å². The molecule has 9 heteroatoms. The summed E-state index contributed by atoms with van der Waals surface area (Å²) in [6.45, 7) is 5.52. The zero-order valence-corrected chi connectivity index (χ0v) is 17.0. The maximum absolute atomic E-state index is 12.6. The maximum atomic E-state index is 12.6. The minimum atomic E-state index is -4.42. The van der Waals surface area contributed by atoms with Crippen LogP contribution in [0.2, 0.25) is 0 Å². The molecule has 1 aromatic carbocycles. The van der Waals surface area contributed by atoms with Gasteiger partial charge in [0.2, 0.25) is 0 Å². The molecule has 154 valence electrons. The first kappa shape index (κ1) is 22.0. The number of alkyl halides is 3. The highest BCUT2D eigenvalue weighted by molar-refractivity contribution is 7.09. The second-order valence-corrected chi connectivity index (χ2v) is 7.15. The first-order chi connectivity index (χ1) is 13.3. The highest BCUT2D eigenvalue weighted by Gasteiger charge is 2.33. The highest BCUT2D eigenvalue weighted by atomic mass is 32.1. The van der Waals surface area contributed by atoms with Crippen LogP contribution in [-0.4, -0.2) is 31.1 Å². The summed E-state index contributed by atoms with van der Waals surface area (Å²) in [5.74, 6) is 1.73. The lowest BCUT2D eigenvalue weighted by Crippen LogP contribution is -2.38. The van der Waals surface area contributed by atoms with Gasteiger partial charge in [-0.1, -0.05) is 19.1 Å². The smallest absolute Gasteiger partial charge is 0.434 e. The monoisotopic (exact) mass is 414 g/mol. The molecule has 5 nitrogen and oxygen atoms in total. The number of thiazole rings is 1. The standard InChI is InChI=1S/C19H25F3N4OS/c1-4-23-18(25-11-17-26-16(12-28-17)19(20,21)22)24-10-9-13(2)14-5-7-15(27-3)8-6-14/h5-8,12-13H,4,9-11H2,1-3H3,(H2,23,24,25). The van der Waals surface area contributed by atoms with Crippen molar-refractivity contribution in [2.24, 2.45) is 4.99 Å². The molecule has 1 aromatic heterocycles. The highest BCUT2D eigenvalue weighted by Crippen LogP contribution is 2.30. The molecule has 1 atom stereocenters. The van der Waals surface area contributed by atoms with Crippen molar-refractivity contribution in [1.82, 2.24) is 15.6 Å². The molecule has 0 aliphatic rings. The maximum Gasteiger partial charge on any atom is 0.434 e. The normalized spacial score (nSPS) is 13.3. The molecule has 0 bridgehead atoms.